The van der Waals surface area contributed by atoms with Gasteiger partial charge in [-0.3, -0.25) is 9.59 Å². The fourth-order valence-electron chi connectivity index (χ4n) is 2.96. The molecule has 43 heavy (non-hydrogen) atoms. The lowest BCUT2D eigenvalue weighted by Crippen LogP contribution is -2.24. The molecule has 0 saturated heterocycles. The summed E-state index contributed by atoms with van der Waals surface area (Å²) in [5, 5.41) is 0. The van der Waals surface area contributed by atoms with Crippen LogP contribution in [0.3, 0.4) is 0 Å². The van der Waals surface area contributed by atoms with Crippen LogP contribution in [0.15, 0.2) is 0 Å². The van der Waals surface area contributed by atoms with Crippen LogP contribution in [-0.2, 0) is 57.0 Å². The van der Waals surface area contributed by atoms with Gasteiger partial charge in [-0.25, -0.2) is 0 Å². The molecule has 0 N–H and O–H groups in total. The molecule has 12 nitrogen and oxygen atoms in total. The van der Waals surface area contributed by atoms with Crippen molar-refractivity contribution >= 4 is 23.7 Å². The molecule has 0 atom stereocenters. The van der Waals surface area contributed by atoms with E-state index in [0.717, 1.165) is 11.5 Å². The lowest BCUT2D eigenvalue weighted by Gasteiger charge is -2.19. The van der Waals surface area contributed by atoms with Crippen molar-refractivity contribution in [3.05, 3.63) is 0 Å². The zero-order chi connectivity index (χ0) is 32.1. The summed E-state index contributed by atoms with van der Waals surface area (Å²) in [6.45, 7) is 18.9. The molecule has 0 aliphatic rings. The van der Waals surface area contributed by atoms with Gasteiger partial charge in [0.05, 0.1) is 119 Å². The van der Waals surface area contributed by atoms with Gasteiger partial charge in [-0.2, -0.15) is 11.8 Å². The molecule has 0 bridgehead atoms. The quantitative estimate of drug-likeness (QED) is 0.0841. The van der Waals surface area contributed by atoms with Gasteiger partial charge < -0.3 is 47.4 Å². The first-order chi connectivity index (χ1) is 20.5. The van der Waals surface area contributed by atoms with Crippen molar-refractivity contribution in [2.75, 3.05) is 117 Å². The number of carbonyl (C=O) groups is 2. The molecule has 256 valence electrons. The smallest absolute Gasteiger partial charge is 0.308 e. The summed E-state index contributed by atoms with van der Waals surface area (Å²) in [6, 6.07) is 0. The van der Waals surface area contributed by atoms with E-state index in [0.29, 0.717) is 106 Å². The second kappa shape index (κ2) is 28.4. The Bertz CT molecular complexity index is 598. The van der Waals surface area contributed by atoms with E-state index in [1.165, 1.54) is 0 Å². The maximum Gasteiger partial charge on any atom is 0.308 e. The molecule has 0 saturated carbocycles. The lowest BCUT2D eigenvalue weighted by molar-refractivity contribution is -0.157. The van der Waals surface area contributed by atoms with E-state index in [4.69, 9.17) is 47.4 Å². The summed E-state index contributed by atoms with van der Waals surface area (Å²) >= 11 is 1.78. The van der Waals surface area contributed by atoms with Crippen LogP contribution in [-0.4, -0.2) is 140 Å². The number of thioether (sulfide) groups is 1. The van der Waals surface area contributed by atoms with Crippen molar-refractivity contribution in [2.45, 2.75) is 65.6 Å². The van der Waals surface area contributed by atoms with Crippen LogP contribution in [0.1, 0.15) is 54.4 Å². The summed E-state index contributed by atoms with van der Waals surface area (Å²) in [5.74, 6) is 1.28. The van der Waals surface area contributed by atoms with Crippen LogP contribution in [0.4, 0.5) is 0 Å². The molecule has 0 radical (unpaired) electrons. The summed E-state index contributed by atoms with van der Waals surface area (Å²) in [7, 11) is 0. The number of carbonyl (C=O) groups excluding carboxylic acids is 2. The van der Waals surface area contributed by atoms with Gasteiger partial charge in [-0.15, -0.1) is 0 Å². The van der Waals surface area contributed by atoms with Gasteiger partial charge in [-0.1, -0.05) is 0 Å². The number of esters is 2. The Labute approximate surface area is 263 Å². The highest BCUT2D eigenvalue weighted by Gasteiger charge is 2.16. The van der Waals surface area contributed by atoms with Gasteiger partial charge in [0.15, 0.2) is 0 Å². The second-order valence-corrected chi connectivity index (χ2v) is 12.4. The van der Waals surface area contributed by atoms with Gasteiger partial charge in [-0.05, 0) is 41.5 Å². The highest BCUT2D eigenvalue weighted by molar-refractivity contribution is 7.99. The Morgan fingerprint density at radius 2 is 0.628 bits per heavy atom. The predicted octanol–water partition coefficient (Wildman–Crippen LogP) is 3.32. The van der Waals surface area contributed by atoms with Crippen LogP contribution < -0.4 is 0 Å². The molecule has 0 fully saturated rings. The van der Waals surface area contributed by atoms with E-state index >= 15 is 0 Å². The first-order valence-electron chi connectivity index (χ1n) is 15.1. The molecule has 0 aromatic carbocycles. The van der Waals surface area contributed by atoms with E-state index in [1.807, 2.05) is 41.5 Å². The normalized spacial score (nSPS) is 12.0. The molecule has 0 aliphatic carbocycles. The van der Waals surface area contributed by atoms with Gasteiger partial charge in [0, 0.05) is 11.5 Å². The maximum atomic E-state index is 11.6. The fourth-order valence-corrected chi connectivity index (χ4v) is 3.63. The molecule has 0 spiro atoms. The summed E-state index contributed by atoms with van der Waals surface area (Å²) < 4.78 is 54.1. The van der Waals surface area contributed by atoms with Crippen molar-refractivity contribution < 1.29 is 57.0 Å². The standard InChI is InChI=1S/C30H58O12S/c1-29(2,3)41-27(31)7-9-33-11-13-35-15-17-37-19-21-39-23-25-43-26-24-40-22-20-38-18-16-36-14-12-34-10-8-28(32)42-30(4,5)6/h7-26H2,1-6H3. The topological polar surface area (TPSA) is 126 Å². The minimum absolute atomic E-state index is 0.237. The fraction of sp³-hybridized carbons (Fsp3) is 0.933. The van der Waals surface area contributed by atoms with Crippen molar-refractivity contribution in [1.82, 2.24) is 0 Å². The van der Waals surface area contributed by atoms with E-state index in [1.54, 1.807) is 11.8 Å². The average Bonchev–Trinajstić information content (AvgIpc) is 2.90. The number of hydrogen-bond acceptors (Lipinski definition) is 13. The minimum Gasteiger partial charge on any atom is -0.460 e. The van der Waals surface area contributed by atoms with Gasteiger partial charge in [0.25, 0.3) is 0 Å². The first kappa shape index (κ1) is 42.0. The molecule has 0 rings (SSSR count). The highest BCUT2D eigenvalue weighted by atomic mass is 32.2. The SMILES string of the molecule is CC(C)(C)OC(=O)CCOCCOCCOCCOCCSCCOCCOCCOCCOCCC(=O)OC(C)(C)C. The molecule has 0 aliphatic heterocycles. The van der Waals surface area contributed by atoms with E-state index in [-0.39, 0.29) is 24.8 Å². The van der Waals surface area contributed by atoms with Gasteiger partial charge in [0.2, 0.25) is 0 Å². The predicted molar refractivity (Wildman–Crippen MR) is 165 cm³/mol. The van der Waals surface area contributed by atoms with Crippen molar-refractivity contribution in [1.29, 1.82) is 0 Å². The van der Waals surface area contributed by atoms with Crippen LogP contribution in [0.5, 0.6) is 0 Å². The molecule has 0 amide bonds. The van der Waals surface area contributed by atoms with Gasteiger partial charge >= 0.3 is 11.9 Å². The number of hydrogen-bond donors (Lipinski definition) is 0. The Balaban J connectivity index is 3.16. The molecular formula is C30H58O12S. The zero-order valence-electron chi connectivity index (χ0n) is 27.4. The maximum absolute atomic E-state index is 11.6. The van der Waals surface area contributed by atoms with E-state index in [2.05, 4.69) is 0 Å². The zero-order valence-corrected chi connectivity index (χ0v) is 28.3. The second-order valence-electron chi connectivity index (χ2n) is 11.2. The molecule has 0 aromatic rings. The largest absolute Gasteiger partial charge is 0.460 e. The molecule has 13 heteroatoms. The molecular weight excluding hydrogens is 584 g/mol. The molecule has 0 aromatic heterocycles. The molecule has 0 heterocycles. The van der Waals surface area contributed by atoms with Crippen LogP contribution in [0, 0.1) is 0 Å². The number of ether oxygens (including phenoxy) is 10. The van der Waals surface area contributed by atoms with Gasteiger partial charge in [0.1, 0.15) is 11.2 Å². The van der Waals surface area contributed by atoms with Crippen LogP contribution in [0.25, 0.3) is 0 Å². The van der Waals surface area contributed by atoms with Crippen molar-refractivity contribution in [3.8, 4) is 0 Å². The Morgan fingerprint density at radius 1 is 0.395 bits per heavy atom. The summed E-state index contributed by atoms with van der Waals surface area (Å²) in [6.07, 6.45) is 0.473. The third-order valence-corrected chi connectivity index (χ3v) is 5.63. The summed E-state index contributed by atoms with van der Waals surface area (Å²) in [5.41, 5.74) is -0.940. The Morgan fingerprint density at radius 3 is 0.884 bits per heavy atom. The highest BCUT2D eigenvalue weighted by Crippen LogP contribution is 2.09. The average molecular weight is 643 g/mol. The minimum atomic E-state index is -0.470. The Hall–Kier alpha value is -1.03. The van der Waals surface area contributed by atoms with Crippen LogP contribution >= 0.6 is 11.8 Å². The monoisotopic (exact) mass is 642 g/mol. The molecule has 0 unspecified atom stereocenters. The first-order valence-corrected chi connectivity index (χ1v) is 16.3. The van der Waals surface area contributed by atoms with Crippen molar-refractivity contribution in [3.63, 3.8) is 0 Å². The summed E-state index contributed by atoms with van der Waals surface area (Å²) in [4.78, 5) is 23.1. The van der Waals surface area contributed by atoms with Crippen LogP contribution in [0.2, 0.25) is 0 Å². The van der Waals surface area contributed by atoms with Crippen molar-refractivity contribution in [2.24, 2.45) is 0 Å². The van der Waals surface area contributed by atoms with E-state index < -0.39 is 11.2 Å². The Kier molecular flexibility index (Phi) is 27.8. The third kappa shape index (κ3) is 37.1. The lowest BCUT2D eigenvalue weighted by atomic mass is 10.2. The third-order valence-electron chi connectivity index (χ3n) is 4.72. The van der Waals surface area contributed by atoms with E-state index in [9.17, 15) is 9.59 Å². The number of rotatable bonds is 30.